The van der Waals surface area contributed by atoms with Crippen LogP contribution in [-0.4, -0.2) is 31.6 Å². The standard InChI is InChI=1S/C19H21NO5/c1-13-4-6-16(7-5-13)25-17-10-8-15(9-11-17)24-12-18(21)20-14(2)19(22)23-3/h4-11,14H,12H2,1-3H3,(H,20,21)/t14-/m1/s1. The van der Waals surface area contributed by atoms with E-state index in [4.69, 9.17) is 9.47 Å². The molecule has 0 aromatic heterocycles. The lowest BCUT2D eigenvalue weighted by Gasteiger charge is -2.12. The molecule has 0 radical (unpaired) electrons. The van der Waals surface area contributed by atoms with Crippen LogP contribution in [0.3, 0.4) is 0 Å². The minimum absolute atomic E-state index is 0.195. The second-order valence-electron chi connectivity index (χ2n) is 5.49. The van der Waals surface area contributed by atoms with Crippen molar-refractivity contribution in [3.05, 3.63) is 54.1 Å². The van der Waals surface area contributed by atoms with E-state index in [1.54, 1.807) is 31.2 Å². The Morgan fingerprint density at radius 2 is 1.48 bits per heavy atom. The largest absolute Gasteiger partial charge is 0.484 e. The summed E-state index contributed by atoms with van der Waals surface area (Å²) in [6.07, 6.45) is 0. The molecule has 0 fully saturated rings. The van der Waals surface area contributed by atoms with E-state index in [9.17, 15) is 9.59 Å². The molecule has 132 valence electrons. The molecule has 2 aromatic rings. The maximum atomic E-state index is 11.7. The zero-order valence-corrected chi connectivity index (χ0v) is 14.4. The number of methoxy groups -OCH3 is 1. The summed E-state index contributed by atoms with van der Waals surface area (Å²) >= 11 is 0. The smallest absolute Gasteiger partial charge is 0.328 e. The van der Waals surface area contributed by atoms with Gasteiger partial charge in [-0.15, -0.1) is 0 Å². The van der Waals surface area contributed by atoms with Crippen molar-refractivity contribution < 1.29 is 23.8 Å². The van der Waals surface area contributed by atoms with Crippen molar-refractivity contribution in [2.24, 2.45) is 0 Å². The first kappa shape index (κ1) is 18.3. The molecule has 0 heterocycles. The van der Waals surface area contributed by atoms with Crippen LogP contribution in [0.5, 0.6) is 17.2 Å². The third kappa shape index (κ3) is 5.84. The summed E-state index contributed by atoms with van der Waals surface area (Å²) in [6, 6.07) is 13.9. The van der Waals surface area contributed by atoms with E-state index in [0.29, 0.717) is 11.5 Å². The molecule has 0 spiro atoms. The van der Waals surface area contributed by atoms with Crippen LogP contribution < -0.4 is 14.8 Å². The molecule has 6 nitrogen and oxygen atoms in total. The van der Waals surface area contributed by atoms with Gasteiger partial charge in [0, 0.05) is 0 Å². The van der Waals surface area contributed by atoms with Crippen molar-refractivity contribution >= 4 is 11.9 Å². The van der Waals surface area contributed by atoms with Gasteiger partial charge in [0.1, 0.15) is 23.3 Å². The van der Waals surface area contributed by atoms with E-state index in [2.05, 4.69) is 10.1 Å². The average molecular weight is 343 g/mol. The van der Waals surface area contributed by atoms with Crippen LogP contribution in [0.1, 0.15) is 12.5 Å². The molecule has 0 saturated carbocycles. The highest BCUT2D eigenvalue weighted by molar-refractivity contribution is 5.84. The van der Waals surface area contributed by atoms with Gasteiger partial charge >= 0.3 is 5.97 Å². The number of benzene rings is 2. The molecule has 6 heteroatoms. The Morgan fingerprint density at radius 3 is 2.04 bits per heavy atom. The molecule has 2 rings (SSSR count). The quantitative estimate of drug-likeness (QED) is 0.783. The monoisotopic (exact) mass is 343 g/mol. The fraction of sp³-hybridized carbons (Fsp3) is 0.263. The van der Waals surface area contributed by atoms with Crippen molar-refractivity contribution in [1.29, 1.82) is 0 Å². The average Bonchev–Trinajstić information content (AvgIpc) is 2.62. The zero-order valence-electron chi connectivity index (χ0n) is 14.4. The molecular weight excluding hydrogens is 322 g/mol. The first-order valence-corrected chi connectivity index (χ1v) is 7.82. The van der Waals surface area contributed by atoms with Gasteiger partial charge in [-0.1, -0.05) is 17.7 Å². The molecule has 0 saturated heterocycles. The lowest BCUT2D eigenvalue weighted by molar-refractivity contribution is -0.144. The van der Waals surface area contributed by atoms with E-state index in [0.717, 1.165) is 11.3 Å². The van der Waals surface area contributed by atoms with Gasteiger partial charge in [-0.3, -0.25) is 4.79 Å². The van der Waals surface area contributed by atoms with Crippen LogP contribution >= 0.6 is 0 Å². The molecule has 0 aliphatic heterocycles. The number of amides is 1. The van der Waals surface area contributed by atoms with Crippen molar-refractivity contribution in [2.45, 2.75) is 19.9 Å². The molecule has 1 N–H and O–H groups in total. The van der Waals surface area contributed by atoms with Gasteiger partial charge < -0.3 is 19.5 Å². The van der Waals surface area contributed by atoms with Gasteiger partial charge in [-0.05, 0) is 50.2 Å². The molecule has 1 amide bonds. The Balaban J connectivity index is 1.82. The molecule has 1 atom stereocenters. The highest BCUT2D eigenvalue weighted by Crippen LogP contribution is 2.24. The Bertz CT molecular complexity index is 710. The number of aryl methyl sites for hydroxylation is 1. The molecule has 25 heavy (non-hydrogen) atoms. The first-order chi connectivity index (χ1) is 12.0. The maximum Gasteiger partial charge on any atom is 0.328 e. The second kappa shape index (κ2) is 8.73. The maximum absolute atomic E-state index is 11.7. The summed E-state index contributed by atoms with van der Waals surface area (Å²) in [6.45, 7) is 3.36. The molecule has 0 unspecified atom stereocenters. The number of esters is 1. The van der Waals surface area contributed by atoms with Gasteiger partial charge in [0.2, 0.25) is 0 Å². The third-order valence-corrected chi connectivity index (χ3v) is 3.38. The van der Waals surface area contributed by atoms with E-state index < -0.39 is 17.9 Å². The molecule has 2 aromatic carbocycles. The molecule has 0 bridgehead atoms. The number of carbonyl (C=O) groups excluding carboxylic acids is 2. The SMILES string of the molecule is COC(=O)[C@@H](C)NC(=O)COc1ccc(Oc2ccc(C)cc2)cc1. The van der Waals surface area contributed by atoms with Crippen LogP contribution in [0.2, 0.25) is 0 Å². The fourth-order valence-electron chi connectivity index (χ4n) is 2.01. The summed E-state index contributed by atoms with van der Waals surface area (Å²) < 4.78 is 15.6. The summed E-state index contributed by atoms with van der Waals surface area (Å²) in [5.41, 5.74) is 1.16. The number of nitrogens with one attached hydrogen (secondary N) is 1. The Hall–Kier alpha value is -3.02. The summed E-state index contributed by atoms with van der Waals surface area (Å²) in [4.78, 5) is 23.0. The lowest BCUT2D eigenvalue weighted by atomic mass is 10.2. The Kier molecular flexibility index (Phi) is 6.39. The Labute approximate surface area is 146 Å². The third-order valence-electron chi connectivity index (χ3n) is 3.38. The van der Waals surface area contributed by atoms with E-state index in [1.807, 2.05) is 31.2 Å². The van der Waals surface area contributed by atoms with Crippen molar-refractivity contribution in [1.82, 2.24) is 5.32 Å². The summed E-state index contributed by atoms with van der Waals surface area (Å²) in [5, 5.41) is 2.49. The van der Waals surface area contributed by atoms with E-state index in [1.165, 1.54) is 7.11 Å². The minimum atomic E-state index is -0.716. The van der Waals surface area contributed by atoms with Gasteiger partial charge in [0.15, 0.2) is 6.61 Å². The first-order valence-electron chi connectivity index (χ1n) is 7.82. The minimum Gasteiger partial charge on any atom is -0.484 e. The van der Waals surface area contributed by atoms with Crippen LogP contribution in [0.4, 0.5) is 0 Å². The second-order valence-corrected chi connectivity index (χ2v) is 5.49. The van der Waals surface area contributed by atoms with Crippen molar-refractivity contribution in [3.8, 4) is 17.2 Å². The van der Waals surface area contributed by atoms with Crippen LogP contribution in [0, 0.1) is 6.92 Å². The van der Waals surface area contributed by atoms with Gasteiger partial charge in [-0.2, -0.15) is 0 Å². The van der Waals surface area contributed by atoms with E-state index >= 15 is 0 Å². The van der Waals surface area contributed by atoms with E-state index in [-0.39, 0.29) is 6.61 Å². The van der Waals surface area contributed by atoms with Crippen molar-refractivity contribution in [3.63, 3.8) is 0 Å². The predicted molar refractivity (Wildman–Crippen MR) is 92.8 cm³/mol. The topological polar surface area (TPSA) is 73.9 Å². The van der Waals surface area contributed by atoms with Gasteiger partial charge in [-0.25, -0.2) is 4.79 Å². The highest BCUT2D eigenvalue weighted by atomic mass is 16.5. The fourth-order valence-corrected chi connectivity index (χ4v) is 2.01. The number of hydrogen-bond acceptors (Lipinski definition) is 5. The van der Waals surface area contributed by atoms with Gasteiger partial charge in [0.25, 0.3) is 5.91 Å². The summed E-state index contributed by atoms with van der Waals surface area (Å²) in [5.74, 6) is 1.02. The molecule has 0 aliphatic rings. The normalized spacial score (nSPS) is 11.3. The summed E-state index contributed by atoms with van der Waals surface area (Å²) in [7, 11) is 1.27. The number of carbonyl (C=O) groups is 2. The van der Waals surface area contributed by atoms with Crippen LogP contribution in [0.15, 0.2) is 48.5 Å². The van der Waals surface area contributed by atoms with Crippen molar-refractivity contribution in [2.75, 3.05) is 13.7 Å². The zero-order chi connectivity index (χ0) is 18.2. The Morgan fingerprint density at radius 1 is 0.960 bits per heavy atom. The number of hydrogen-bond donors (Lipinski definition) is 1. The number of ether oxygens (including phenoxy) is 3. The molecular formula is C19H21NO5. The molecule has 0 aliphatic carbocycles. The van der Waals surface area contributed by atoms with Crippen LogP contribution in [0.25, 0.3) is 0 Å². The highest BCUT2D eigenvalue weighted by Gasteiger charge is 2.15. The van der Waals surface area contributed by atoms with Crippen LogP contribution in [-0.2, 0) is 14.3 Å². The predicted octanol–water partition coefficient (Wildman–Crippen LogP) is 2.84. The van der Waals surface area contributed by atoms with Gasteiger partial charge in [0.05, 0.1) is 7.11 Å². The number of rotatable bonds is 7. The lowest BCUT2D eigenvalue weighted by Crippen LogP contribution is -2.41.